The summed E-state index contributed by atoms with van der Waals surface area (Å²) in [6, 6.07) is 2.05. The van der Waals surface area contributed by atoms with Gasteiger partial charge in [-0.3, -0.25) is 9.88 Å². The van der Waals surface area contributed by atoms with Gasteiger partial charge in [-0.25, -0.2) is 4.98 Å². The largest absolute Gasteiger partial charge is 0.379 e. The van der Waals surface area contributed by atoms with Crippen molar-refractivity contribution in [2.75, 3.05) is 32.8 Å². The first-order valence-electron chi connectivity index (χ1n) is 7.25. The highest BCUT2D eigenvalue weighted by molar-refractivity contribution is 9.10. The second-order valence-corrected chi connectivity index (χ2v) is 6.06. The lowest BCUT2D eigenvalue weighted by atomic mass is 10.2. The van der Waals surface area contributed by atoms with E-state index >= 15 is 0 Å². The fraction of sp³-hybridized carbons (Fsp3) is 0.467. The molecule has 2 aromatic rings. The topological polar surface area (TPSA) is 43.2 Å². The predicted octanol–water partition coefficient (Wildman–Crippen LogP) is 2.43. The van der Waals surface area contributed by atoms with E-state index in [2.05, 4.69) is 35.4 Å². The number of nitrogens with zero attached hydrogens (tertiary/aromatic N) is 4. The van der Waals surface area contributed by atoms with Crippen LogP contribution < -0.4 is 0 Å². The van der Waals surface area contributed by atoms with Gasteiger partial charge in [0.25, 0.3) is 0 Å². The number of rotatable bonds is 5. The Kier molecular flexibility index (Phi) is 5.00. The second-order valence-electron chi connectivity index (χ2n) is 5.14. The summed E-state index contributed by atoms with van der Waals surface area (Å²) in [5.41, 5.74) is 1.04. The number of aryl methyl sites for hydroxylation is 1. The molecule has 2 aromatic heterocycles. The van der Waals surface area contributed by atoms with Crippen LogP contribution >= 0.6 is 15.9 Å². The van der Waals surface area contributed by atoms with E-state index in [4.69, 9.17) is 4.74 Å². The van der Waals surface area contributed by atoms with E-state index in [1.54, 1.807) is 6.20 Å². The van der Waals surface area contributed by atoms with Crippen LogP contribution in [0.4, 0.5) is 0 Å². The van der Waals surface area contributed by atoms with Gasteiger partial charge in [-0.05, 0) is 28.4 Å². The Morgan fingerprint density at radius 1 is 1.19 bits per heavy atom. The molecule has 0 amide bonds. The number of imidazole rings is 1. The Labute approximate surface area is 133 Å². The zero-order valence-corrected chi connectivity index (χ0v) is 13.5. The molecule has 3 heterocycles. The molecule has 1 aliphatic rings. The van der Waals surface area contributed by atoms with Gasteiger partial charge in [0.1, 0.15) is 5.82 Å². The lowest BCUT2D eigenvalue weighted by Crippen LogP contribution is -2.37. The van der Waals surface area contributed by atoms with Crippen LogP contribution in [0.15, 0.2) is 35.3 Å². The molecule has 3 rings (SSSR count). The van der Waals surface area contributed by atoms with Crippen LogP contribution in [0.2, 0.25) is 0 Å². The Morgan fingerprint density at radius 2 is 2.05 bits per heavy atom. The third-order valence-corrected chi connectivity index (χ3v) is 4.09. The smallest absolute Gasteiger partial charge is 0.141 e. The van der Waals surface area contributed by atoms with Crippen molar-refractivity contribution in [1.29, 1.82) is 0 Å². The summed E-state index contributed by atoms with van der Waals surface area (Å²) in [6.07, 6.45) is 8.64. The molecule has 6 heteroatoms. The normalized spacial score (nSPS) is 16.2. The van der Waals surface area contributed by atoms with Crippen LogP contribution in [0.1, 0.15) is 6.42 Å². The molecular formula is C15H19BrN4O. The van der Waals surface area contributed by atoms with Gasteiger partial charge >= 0.3 is 0 Å². The number of hydrogen-bond acceptors (Lipinski definition) is 4. The van der Waals surface area contributed by atoms with E-state index in [-0.39, 0.29) is 0 Å². The summed E-state index contributed by atoms with van der Waals surface area (Å²) >= 11 is 3.46. The van der Waals surface area contributed by atoms with Crippen molar-refractivity contribution in [1.82, 2.24) is 19.4 Å². The average Bonchev–Trinajstić information content (AvgIpc) is 2.97. The number of halogens is 1. The molecule has 1 saturated heterocycles. The molecule has 0 N–H and O–H groups in total. The highest BCUT2D eigenvalue weighted by Gasteiger charge is 2.11. The maximum absolute atomic E-state index is 5.37. The molecule has 112 valence electrons. The molecule has 0 radical (unpaired) electrons. The summed E-state index contributed by atoms with van der Waals surface area (Å²) in [6.45, 7) is 5.90. The van der Waals surface area contributed by atoms with Gasteiger partial charge in [0, 0.05) is 61.0 Å². The minimum Gasteiger partial charge on any atom is -0.379 e. The molecule has 1 fully saturated rings. The van der Waals surface area contributed by atoms with Crippen LogP contribution in [-0.2, 0) is 11.3 Å². The van der Waals surface area contributed by atoms with Crippen molar-refractivity contribution >= 4 is 15.9 Å². The minimum absolute atomic E-state index is 0.861. The first-order valence-corrected chi connectivity index (χ1v) is 8.04. The van der Waals surface area contributed by atoms with Gasteiger partial charge in [0.2, 0.25) is 0 Å². The molecule has 5 nitrogen and oxygen atoms in total. The monoisotopic (exact) mass is 350 g/mol. The van der Waals surface area contributed by atoms with Gasteiger partial charge in [-0.15, -0.1) is 0 Å². The number of morpholine rings is 1. The highest BCUT2D eigenvalue weighted by atomic mass is 79.9. The number of ether oxygens (including phenoxy) is 1. The number of hydrogen-bond donors (Lipinski definition) is 0. The maximum atomic E-state index is 5.37. The molecule has 0 unspecified atom stereocenters. The lowest BCUT2D eigenvalue weighted by molar-refractivity contribution is 0.0369. The third-order valence-electron chi connectivity index (χ3n) is 3.66. The molecule has 1 aliphatic heterocycles. The van der Waals surface area contributed by atoms with Crippen LogP contribution in [0.5, 0.6) is 0 Å². The van der Waals surface area contributed by atoms with Crippen molar-refractivity contribution in [3.05, 3.63) is 35.3 Å². The van der Waals surface area contributed by atoms with Crippen molar-refractivity contribution in [2.24, 2.45) is 0 Å². The molecule has 0 aromatic carbocycles. The number of pyridine rings is 1. The molecule has 0 atom stereocenters. The van der Waals surface area contributed by atoms with Crippen molar-refractivity contribution < 1.29 is 4.74 Å². The Morgan fingerprint density at radius 3 is 2.86 bits per heavy atom. The summed E-state index contributed by atoms with van der Waals surface area (Å²) in [5, 5.41) is 0. The number of aromatic nitrogens is 3. The predicted molar refractivity (Wildman–Crippen MR) is 85.0 cm³/mol. The molecule has 0 spiro atoms. The minimum atomic E-state index is 0.861. The average molecular weight is 351 g/mol. The summed E-state index contributed by atoms with van der Waals surface area (Å²) in [4.78, 5) is 11.1. The van der Waals surface area contributed by atoms with Gasteiger partial charge < -0.3 is 9.30 Å². The fourth-order valence-corrected chi connectivity index (χ4v) is 2.94. The lowest BCUT2D eigenvalue weighted by Gasteiger charge is -2.26. The van der Waals surface area contributed by atoms with E-state index < -0.39 is 0 Å². The Hall–Kier alpha value is -1.24. The van der Waals surface area contributed by atoms with E-state index in [1.165, 1.54) is 0 Å². The third kappa shape index (κ3) is 3.90. The molecular weight excluding hydrogens is 332 g/mol. The zero-order chi connectivity index (χ0) is 14.5. The summed E-state index contributed by atoms with van der Waals surface area (Å²) in [5.74, 6) is 0.978. The second kappa shape index (κ2) is 7.15. The van der Waals surface area contributed by atoms with Gasteiger partial charge in [0.05, 0.1) is 13.2 Å². The quantitative estimate of drug-likeness (QED) is 0.830. The van der Waals surface area contributed by atoms with E-state index in [9.17, 15) is 0 Å². The van der Waals surface area contributed by atoms with E-state index in [0.29, 0.717) is 0 Å². The van der Waals surface area contributed by atoms with E-state index in [0.717, 1.165) is 61.7 Å². The Bertz CT molecular complexity index is 581. The van der Waals surface area contributed by atoms with Crippen LogP contribution in [0.25, 0.3) is 11.4 Å². The first kappa shape index (κ1) is 14.7. The zero-order valence-electron chi connectivity index (χ0n) is 11.9. The molecule has 21 heavy (non-hydrogen) atoms. The van der Waals surface area contributed by atoms with Gasteiger partial charge in [-0.2, -0.15) is 0 Å². The van der Waals surface area contributed by atoms with Crippen molar-refractivity contribution in [3.63, 3.8) is 0 Å². The van der Waals surface area contributed by atoms with Crippen molar-refractivity contribution in [3.8, 4) is 11.4 Å². The fourth-order valence-electron chi connectivity index (χ4n) is 2.57. The van der Waals surface area contributed by atoms with Gasteiger partial charge in [-0.1, -0.05) is 0 Å². The van der Waals surface area contributed by atoms with Crippen LogP contribution in [-0.4, -0.2) is 52.3 Å². The Balaban J connectivity index is 1.60. The highest BCUT2D eigenvalue weighted by Crippen LogP contribution is 2.20. The SMILES string of the molecule is Brc1cncc(-c2nccn2CCCN2CCOCC2)c1. The first-order chi connectivity index (χ1) is 10.3. The maximum Gasteiger partial charge on any atom is 0.141 e. The van der Waals surface area contributed by atoms with Gasteiger partial charge in [0.15, 0.2) is 0 Å². The van der Waals surface area contributed by atoms with E-state index in [1.807, 2.05) is 24.7 Å². The van der Waals surface area contributed by atoms with Crippen molar-refractivity contribution in [2.45, 2.75) is 13.0 Å². The van der Waals surface area contributed by atoms with Crippen LogP contribution in [0, 0.1) is 0 Å². The summed E-state index contributed by atoms with van der Waals surface area (Å²) < 4.78 is 8.54. The standard InChI is InChI=1S/C15H19BrN4O/c16-14-10-13(11-17-12-14)15-18-2-5-20(15)4-1-3-19-6-8-21-9-7-19/h2,5,10-12H,1,3-4,6-9H2. The molecule has 0 bridgehead atoms. The molecule has 0 aliphatic carbocycles. The molecule has 0 saturated carbocycles. The van der Waals surface area contributed by atoms with Crippen LogP contribution in [0.3, 0.4) is 0 Å². The summed E-state index contributed by atoms with van der Waals surface area (Å²) in [7, 11) is 0.